The summed E-state index contributed by atoms with van der Waals surface area (Å²) in [6.07, 6.45) is -0.960. The average Bonchev–Trinajstić information content (AvgIpc) is 2.45. The highest BCUT2D eigenvalue weighted by molar-refractivity contribution is 7.89. The summed E-state index contributed by atoms with van der Waals surface area (Å²) in [5.41, 5.74) is -0.0289. The van der Waals surface area contributed by atoms with Crippen molar-refractivity contribution in [3.63, 3.8) is 0 Å². The fourth-order valence-corrected chi connectivity index (χ4v) is 2.41. The Kier molecular flexibility index (Phi) is 5.21. The molecule has 0 radical (unpaired) electrons. The van der Waals surface area contributed by atoms with Crippen LogP contribution in [0.15, 0.2) is 29.2 Å². The smallest absolute Gasteiger partial charge is 0.322 e. The third kappa shape index (κ3) is 4.05. The molecule has 8 heteroatoms. The van der Waals surface area contributed by atoms with Crippen LogP contribution in [-0.4, -0.2) is 27.0 Å². The number of nitrogens with one attached hydrogen (secondary N) is 1. The van der Waals surface area contributed by atoms with Crippen molar-refractivity contribution in [3.05, 3.63) is 29.8 Å². The van der Waals surface area contributed by atoms with Crippen LogP contribution >= 0.6 is 0 Å². The largest absolute Gasteiger partial charge is 0.446 e. The minimum Gasteiger partial charge on any atom is -0.446 e. The van der Waals surface area contributed by atoms with E-state index in [1.165, 1.54) is 31.2 Å². The summed E-state index contributed by atoms with van der Waals surface area (Å²) in [4.78, 5) is 11.1. The highest BCUT2D eigenvalue weighted by Crippen LogP contribution is 2.13. The number of hydrogen-bond acceptors (Lipinski definition) is 6. The average molecular weight is 293 g/mol. The van der Waals surface area contributed by atoms with E-state index in [4.69, 9.17) is 10.5 Å². The Hall–Kier alpha value is -2.42. The van der Waals surface area contributed by atoms with E-state index in [9.17, 15) is 13.2 Å². The molecule has 1 N–H and O–H groups in total. The van der Waals surface area contributed by atoms with Crippen molar-refractivity contribution >= 4 is 16.0 Å². The number of esters is 1. The van der Waals surface area contributed by atoms with E-state index in [0.29, 0.717) is 0 Å². The van der Waals surface area contributed by atoms with E-state index in [-0.39, 0.29) is 10.5 Å². The van der Waals surface area contributed by atoms with Gasteiger partial charge < -0.3 is 4.74 Å². The maximum Gasteiger partial charge on any atom is 0.322 e. The van der Waals surface area contributed by atoms with Crippen molar-refractivity contribution < 1.29 is 17.9 Å². The van der Waals surface area contributed by atoms with Gasteiger partial charge in [0.25, 0.3) is 0 Å². The first-order valence-electron chi connectivity index (χ1n) is 5.48. The molecule has 0 bridgehead atoms. The maximum atomic E-state index is 11.9. The Labute approximate surface area is 116 Å². The molecule has 104 valence electrons. The van der Waals surface area contributed by atoms with Crippen LogP contribution in [0.1, 0.15) is 12.5 Å². The molecule has 1 aromatic rings. The molecule has 0 aliphatic carbocycles. The van der Waals surface area contributed by atoms with Gasteiger partial charge in [0, 0.05) is 0 Å². The molecule has 0 saturated carbocycles. The van der Waals surface area contributed by atoms with Gasteiger partial charge in [-0.05, 0) is 19.1 Å². The van der Waals surface area contributed by atoms with Gasteiger partial charge in [-0.2, -0.15) is 15.2 Å². The zero-order valence-electron chi connectivity index (χ0n) is 10.5. The number of nitrogens with zero attached hydrogens (tertiary/aromatic N) is 2. The van der Waals surface area contributed by atoms with Crippen molar-refractivity contribution in [2.24, 2.45) is 0 Å². The Balaban J connectivity index is 2.80. The van der Waals surface area contributed by atoms with Crippen molar-refractivity contribution in [1.29, 1.82) is 10.5 Å². The van der Waals surface area contributed by atoms with Crippen LogP contribution in [0.2, 0.25) is 0 Å². The van der Waals surface area contributed by atoms with Gasteiger partial charge in [-0.25, -0.2) is 8.42 Å². The monoisotopic (exact) mass is 293 g/mol. The molecule has 0 unspecified atom stereocenters. The predicted octanol–water partition coefficient (Wildman–Crippen LogP) is 0.292. The number of sulfonamides is 1. The lowest BCUT2D eigenvalue weighted by Gasteiger charge is -2.09. The molecule has 20 heavy (non-hydrogen) atoms. The topological polar surface area (TPSA) is 120 Å². The third-order valence-electron chi connectivity index (χ3n) is 2.19. The summed E-state index contributed by atoms with van der Waals surface area (Å²) in [6.45, 7) is 0.742. The van der Waals surface area contributed by atoms with Gasteiger partial charge in [-0.3, -0.25) is 4.79 Å². The molecular weight excluding hydrogens is 282 g/mol. The predicted molar refractivity (Wildman–Crippen MR) is 67.5 cm³/mol. The van der Waals surface area contributed by atoms with Crippen molar-refractivity contribution in [2.45, 2.75) is 17.9 Å². The van der Waals surface area contributed by atoms with Crippen LogP contribution < -0.4 is 4.72 Å². The summed E-state index contributed by atoms with van der Waals surface area (Å²) in [6, 6.07) is 9.03. The minimum atomic E-state index is -4.00. The van der Waals surface area contributed by atoms with Gasteiger partial charge in [-0.1, -0.05) is 12.1 Å². The maximum absolute atomic E-state index is 11.9. The fraction of sp³-hybridized carbons (Fsp3) is 0.250. The standard InChI is InChI=1S/C12H11N3O4S/c1-9(6-13)19-12(16)8-15-20(17,18)11-5-3-2-4-10(11)7-14/h2-5,9,15H,8H2,1H3/t9-/m1/s1. The highest BCUT2D eigenvalue weighted by Gasteiger charge is 2.20. The number of carbonyl (C=O) groups excluding carboxylic acids is 1. The first-order valence-corrected chi connectivity index (χ1v) is 6.97. The number of benzene rings is 1. The van der Waals surface area contributed by atoms with Crippen molar-refractivity contribution in [3.8, 4) is 12.1 Å². The molecule has 1 aromatic carbocycles. The lowest BCUT2D eigenvalue weighted by Crippen LogP contribution is -2.32. The lowest BCUT2D eigenvalue weighted by molar-refractivity contribution is -0.144. The summed E-state index contributed by atoms with van der Waals surface area (Å²) in [5, 5.41) is 17.3. The van der Waals surface area contributed by atoms with Crippen LogP contribution in [0, 0.1) is 22.7 Å². The van der Waals surface area contributed by atoms with Gasteiger partial charge in [0.2, 0.25) is 10.0 Å². The summed E-state index contributed by atoms with van der Waals surface area (Å²) in [5.74, 6) is -0.878. The Morgan fingerprint density at radius 2 is 2.05 bits per heavy atom. The van der Waals surface area contributed by atoms with Crippen LogP contribution in [0.25, 0.3) is 0 Å². The molecule has 1 rings (SSSR count). The van der Waals surface area contributed by atoms with Gasteiger partial charge >= 0.3 is 5.97 Å². The molecule has 0 heterocycles. The van der Waals surface area contributed by atoms with E-state index in [1.807, 2.05) is 4.72 Å². The molecule has 0 amide bonds. The van der Waals surface area contributed by atoms with Crippen LogP contribution in [-0.2, 0) is 19.6 Å². The normalized spacial score (nSPS) is 11.9. The second kappa shape index (κ2) is 6.66. The van der Waals surface area contributed by atoms with E-state index in [1.54, 1.807) is 12.1 Å². The van der Waals surface area contributed by atoms with E-state index in [2.05, 4.69) is 4.74 Å². The number of carbonyl (C=O) groups is 1. The van der Waals surface area contributed by atoms with Gasteiger partial charge in [0.05, 0.1) is 10.5 Å². The van der Waals surface area contributed by atoms with Gasteiger partial charge in [0.15, 0.2) is 6.10 Å². The summed E-state index contributed by atoms with van der Waals surface area (Å²) in [7, 11) is -4.00. The summed E-state index contributed by atoms with van der Waals surface area (Å²) < 4.78 is 30.5. The molecule has 0 aromatic heterocycles. The zero-order valence-corrected chi connectivity index (χ0v) is 11.3. The molecule has 7 nitrogen and oxygen atoms in total. The Morgan fingerprint density at radius 3 is 2.65 bits per heavy atom. The van der Waals surface area contributed by atoms with Crippen molar-refractivity contribution in [2.75, 3.05) is 6.54 Å². The van der Waals surface area contributed by atoms with E-state index >= 15 is 0 Å². The summed E-state index contributed by atoms with van der Waals surface area (Å²) >= 11 is 0. The second-order valence-electron chi connectivity index (χ2n) is 3.69. The molecule has 0 fully saturated rings. The number of hydrogen-bond donors (Lipinski definition) is 1. The molecular formula is C12H11N3O4S. The Bertz CT molecular complexity index is 685. The molecule has 1 atom stereocenters. The Morgan fingerprint density at radius 1 is 1.40 bits per heavy atom. The van der Waals surface area contributed by atoms with E-state index < -0.39 is 28.6 Å². The molecule has 0 aliphatic rings. The van der Waals surface area contributed by atoms with Gasteiger partial charge in [-0.15, -0.1) is 0 Å². The van der Waals surface area contributed by atoms with Gasteiger partial charge in [0.1, 0.15) is 18.7 Å². The zero-order chi connectivity index (χ0) is 15.2. The number of rotatable bonds is 5. The fourth-order valence-electron chi connectivity index (χ4n) is 1.29. The SMILES string of the molecule is C[C@H](C#N)OC(=O)CNS(=O)(=O)c1ccccc1C#N. The first-order chi connectivity index (χ1) is 9.40. The van der Waals surface area contributed by atoms with E-state index in [0.717, 1.165) is 0 Å². The number of ether oxygens (including phenoxy) is 1. The second-order valence-corrected chi connectivity index (χ2v) is 5.43. The molecule has 0 saturated heterocycles. The quantitative estimate of drug-likeness (QED) is 0.779. The van der Waals surface area contributed by atoms with Crippen LogP contribution in [0.5, 0.6) is 0 Å². The third-order valence-corrected chi connectivity index (χ3v) is 3.65. The minimum absolute atomic E-state index is 0.0289. The highest BCUT2D eigenvalue weighted by atomic mass is 32.2. The molecule has 0 aliphatic heterocycles. The number of nitriles is 2. The lowest BCUT2D eigenvalue weighted by atomic mass is 10.2. The van der Waals surface area contributed by atoms with Crippen molar-refractivity contribution in [1.82, 2.24) is 4.72 Å². The van der Waals surface area contributed by atoms with Crippen LogP contribution in [0.4, 0.5) is 0 Å². The van der Waals surface area contributed by atoms with Crippen LogP contribution in [0.3, 0.4) is 0 Å². The first kappa shape index (κ1) is 15.6. The molecule has 0 spiro atoms.